The molecule has 1 aromatic heterocycles. The fourth-order valence-electron chi connectivity index (χ4n) is 2.74. The van der Waals surface area contributed by atoms with Crippen molar-refractivity contribution in [2.45, 2.75) is 43.7 Å². The molecule has 3 rings (SSSR count). The molecule has 7 heteroatoms. The molecular weight excluding hydrogens is 312 g/mol. The summed E-state index contributed by atoms with van der Waals surface area (Å²) in [7, 11) is 0. The number of carbonyl (C=O) groups is 1. The highest BCUT2D eigenvalue weighted by Gasteiger charge is 2.17. The molecule has 0 aliphatic carbocycles. The van der Waals surface area contributed by atoms with Gasteiger partial charge in [-0.15, -0.1) is 11.8 Å². The van der Waals surface area contributed by atoms with Crippen LogP contribution in [-0.2, 0) is 24.3 Å². The third-order valence-corrected chi connectivity index (χ3v) is 4.69. The summed E-state index contributed by atoms with van der Waals surface area (Å²) in [4.78, 5) is 25.6. The third-order valence-electron chi connectivity index (χ3n) is 3.95. The van der Waals surface area contributed by atoms with Gasteiger partial charge in [0.05, 0.1) is 0 Å². The topological polar surface area (TPSA) is 68.9 Å². The van der Waals surface area contributed by atoms with Gasteiger partial charge in [-0.25, -0.2) is 9.48 Å². The Morgan fingerprint density at radius 1 is 1.26 bits per heavy atom. The number of thioether (sulfide) groups is 1. The van der Waals surface area contributed by atoms with E-state index in [1.165, 1.54) is 4.68 Å². The SMILES string of the molecule is CSc1ccc(NC(=O)Cn2nc3n(c2=O)CCCCC3)cc1. The van der Waals surface area contributed by atoms with Crippen LogP contribution in [0.4, 0.5) is 5.69 Å². The number of anilines is 1. The number of rotatable bonds is 4. The second-order valence-corrected chi connectivity index (χ2v) is 6.48. The summed E-state index contributed by atoms with van der Waals surface area (Å²) in [5, 5.41) is 7.13. The van der Waals surface area contributed by atoms with Crippen molar-refractivity contribution < 1.29 is 4.79 Å². The molecule has 122 valence electrons. The lowest BCUT2D eigenvalue weighted by atomic mass is 10.2. The molecular formula is C16H20N4O2S. The van der Waals surface area contributed by atoms with Crippen molar-refractivity contribution in [3.63, 3.8) is 0 Å². The fraction of sp³-hybridized carbons (Fsp3) is 0.438. The Hall–Kier alpha value is -2.02. The Bertz CT molecular complexity index is 748. The molecule has 0 saturated carbocycles. The van der Waals surface area contributed by atoms with Gasteiger partial charge in [0.1, 0.15) is 12.4 Å². The Kier molecular flexibility index (Phi) is 4.85. The van der Waals surface area contributed by atoms with Gasteiger partial charge in [0, 0.05) is 23.5 Å². The van der Waals surface area contributed by atoms with Crippen molar-refractivity contribution in [2.75, 3.05) is 11.6 Å². The van der Waals surface area contributed by atoms with E-state index in [1.54, 1.807) is 16.3 Å². The maximum absolute atomic E-state index is 12.3. The van der Waals surface area contributed by atoms with Crippen LogP contribution < -0.4 is 11.0 Å². The zero-order chi connectivity index (χ0) is 16.2. The number of hydrogen-bond acceptors (Lipinski definition) is 4. The highest BCUT2D eigenvalue weighted by atomic mass is 32.2. The zero-order valence-electron chi connectivity index (χ0n) is 13.1. The first-order valence-corrected chi connectivity index (χ1v) is 9.00. The predicted molar refractivity (Wildman–Crippen MR) is 90.9 cm³/mol. The first-order chi connectivity index (χ1) is 11.2. The Labute approximate surface area is 138 Å². The highest BCUT2D eigenvalue weighted by molar-refractivity contribution is 7.98. The third kappa shape index (κ3) is 3.67. The Morgan fingerprint density at radius 3 is 2.78 bits per heavy atom. The van der Waals surface area contributed by atoms with E-state index in [1.807, 2.05) is 30.5 Å². The molecule has 6 nitrogen and oxygen atoms in total. The van der Waals surface area contributed by atoms with Crippen LogP contribution in [0.2, 0.25) is 0 Å². The minimum Gasteiger partial charge on any atom is -0.324 e. The summed E-state index contributed by atoms with van der Waals surface area (Å²) >= 11 is 1.65. The van der Waals surface area contributed by atoms with Crippen molar-refractivity contribution >= 4 is 23.4 Å². The van der Waals surface area contributed by atoms with Crippen LogP contribution in [0.15, 0.2) is 34.0 Å². The predicted octanol–water partition coefficient (Wildman–Crippen LogP) is 2.13. The van der Waals surface area contributed by atoms with Crippen molar-refractivity contribution in [3.05, 3.63) is 40.6 Å². The van der Waals surface area contributed by atoms with E-state index in [2.05, 4.69) is 10.4 Å². The average molecular weight is 332 g/mol. The number of nitrogens with one attached hydrogen (secondary N) is 1. The molecule has 0 atom stereocenters. The first kappa shape index (κ1) is 15.9. The normalized spacial score (nSPS) is 14.1. The summed E-state index contributed by atoms with van der Waals surface area (Å²) in [5.74, 6) is 0.557. The van der Waals surface area contributed by atoms with E-state index >= 15 is 0 Å². The summed E-state index contributed by atoms with van der Waals surface area (Å²) in [6.07, 6.45) is 5.97. The fourth-order valence-corrected chi connectivity index (χ4v) is 3.15. The van der Waals surface area contributed by atoms with Gasteiger partial charge in [0.15, 0.2) is 0 Å². The van der Waals surface area contributed by atoms with E-state index in [9.17, 15) is 9.59 Å². The summed E-state index contributed by atoms with van der Waals surface area (Å²) in [5.41, 5.74) is 0.538. The number of fused-ring (bicyclic) bond motifs is 1. The van der Waals surface area contributed by atoms with Crippen LogP contribution in [0.1, 0.15) is 25.1 Å². The summed E-state index contributed by atoms with van der Waals surface area (Å²) in [6.45, 7) is 0.648. The van der Waals surface area contributed by atoms with Gasteiger partial charge in [0.25, 0.3) is 0 Å². The van der Waals surface area contributed by atoms with Crippen molar-refractivity contribution in [1.29, 1.82) is 0 Å². The average Bonchev–Trinajstić information content (AvgIpc) is 2.73. The number of aryl methyl sites for hydroxylation is 1. The molecule has 1 aliphatic heterocycles. The Balaban J connectivity index is 1.69. The minimum absolute atomic E-state index is 0.0525. The number of nitrogens with zero attached hydrogens (tertiary/aromatic N) is 3. The molecule has 2 heterocycles. The molecule has 0 spiro atoms. The molecule has 1 N–H and O–H groups in total. The summed E-state index contributed by atoms with van der Waals surface area (Å²) in [6, 6.07) is 7.61. The second kappa shape index (κ2) is 7.04. The molecule has 0 radical (unpaired) electrons. The van der Waals surface area contributed by atoms with Crippen molar-refractivity contribution in [3.8, 4) is 0 Å². The summed E-state index contributed by atoms with van der Waals surface area (Å²) < 4.78 is 2.97. The van der Waals surface area contributed by atoms with Gasteiger partial charge >= 0.3 is 5.69 Å². The van der Waals surface area contributed by atoms with Gasteiger partial charge < -0.3 is 5.32 Å². The second-order valence-electron chi connectivity index (χ2n) is 5.60. The Morgan fingerprint density at radius 2 is 2.04 bits per heavy atom. The van der Waals surface area contributed by atoms with Gasteiger partial charge in [-0.05, 0) is 43.4 Å². The van der Waals surface area contributed by atoms with Gasteiger partial charge in [-0.2, -0.15) is 5.10 Å². The van der Waals surface area contributed by atoms with E-state index in [0.717, 1.165) is 42.1 Å². The van der Waals surface area contributed by atoms with Crippen LogP contribution in [0.25, 0.3) is 0 Å². The quantitative estimate of drug-likeness (QED) is 0.871. The molecule has 1 aromatic carbocycles. The molecule has 23 heavy (non-hydrogen) atoms. The molecule has 1 amide bonds. The van der Waals surface area contributed by atoms with Gasteiger partial charge in [-0.1, -0.05) is 6.42 Å². The van der Waals surface area contributed by atoms with Crippen LogP contribution in [-0.4, -0.2) is 26.5 Å². The monoisotopic (exact) mass is 332 g/mol. The molecule has 1 aliphatic rings. The number of hydrogen-bond donors (Lipinski definition) is 1. The number of carbonyl (C=O) groups excluding carboxylic acids is 1. The lowest BCUT2D eigenvalue weighted by molar-refractivity contribution is -0.117. The first-order valence-electron chi connectivity index (χ1n) is 7.78. The maximum atomic E-state index is 12.3. The van der Waals surface area contributed by atoms with Gasteiger partial charge in [-0.3, -0.25) is 9.36 Å². The van der Waals surface area contributed by atoms with Crippen molar-refractivity contribution in [2.24, 2.45) is 0 Å². The van der Waals surface area contributed by atoms with Crippen LogP contribution >= 0.6 is 11.8 Å². The number of amides is 1. The standard InChI is InChI=1S/C16H20N4O2S/c1-23-13-8-6-12(7-9-13)17-15(21)11-20-16(22)19-10-4-2-3-5-14(19)18-20/h6-9H,2-5,10-11H2,1H3,(H,17,21). The van der Waals surface area contributed by atoms with E-state index in [-0.39, 0.29) is 18.1 Å². The lowest BCUT2D eigenvalue weighted by Crippen LogP contribution is -2.30. The van der Waals surface area contributed by atoms with Crippen LogP contribution in [0, 0.1) is 0 Å². The van der Waals surface area contributed by atoms with Crippen LogP contribution in [0.3, 0.4) is 0 Å². The van der Waals surface area contributed by atoms with E-state index in [0.29, 0.717) is 6.54 Å². The van der Waals surface area contributed by atoms with Gasteiger partial charge in [0.2, 0.25) is 5.91 Å². The number of aromatic nitrogens is 3. The molecule has 0 saturated heterocycles. The number of benzene rings is 1. The molecule has 0 bridgehead atoms. The molecule has 2 aromatic rings. The molecule has 0 unspecified atom stereocenters. The largest absolute Gasteiger partial charge is 0.346 e. The smallest absolute Gasteiger partial charge is 0.324 e. The van der Waals surface area contributed by atoms with E-state index < -0.39 is 0 Å². The minimum atomic E-state index is -0.239. The maximum Gasteiger partial charge on any atom is 0.346 e. The van der Waals surface area contributed by atoms with Crippen molar-refractivity contribution in [1.82, 2.24) is 14.3 Å². The molecule has 0 fully saturated rings. The zero-order valence-corrected chi connectivity index (χ0v) is 13.9. The van der Waals surface area contributed by atoms with Crippen LogP contribution in [0.5, 0.6) is 0 Å². The highest BCUT2D eigenvalue weighted by Crippen LogP contribution is 2.17. The lowest BCUT2D eigenvalue weighted by Gasteiger charge is -2.05. The van der Waals surface area contributed by atoms with E-state index in [4.69, 9.17) is 0 Å².